The van der Waals surface area contributed by atoms with Crippen LogP contribution < -0.4 is 9.64 Å². The van der Waals surface area contributed by atoms with Crippen LogP contribution in [0.4, 0.5) is 5.69 Å². The maximum atomic E-state index is 13.7. The summed E-state index contributed by atoms with van der Waals surface area (Å²) >= 11 is 0. The zero-order valence-corrected chi connectivity index (χ0v) is 18.6. The van der Waals surface area contributed by atoms with Crippen LogP contribution in [0.15, 0.2) is 48.2 Å². The number of amides is 2. The van der Waals surface area contributed by atoms with E-state index in [1.54, 1.807) is 19.2 Å². The Kier molecular flexibility index (Phi) is 5.58. The Morgan fingerprint density at radius 1 is 0.903 bits per heavy atom. The van der Waals surface area contributed by atoms with Gasteiger partial charge in [0.15, 0.2) is 0 Å². The smallest absolute Gasteiger partial charge is 0.282 e. The number of imide groups is 1. The number of carbonyl (C=O) groups is 2. The van der Waals surface area contributed by atoms with Crippen LogP contribution in [0.25, 0.3) is 5.57 Å². The third-order valence-corrected chi connectivity index (χ3v) is 5.92. The maximum Gasteiger partial charge on any atom is 0.282 e. The van der Waals surface area contributed by atoms with E-state index in [0.717, 1.165) is 11.1 Å². The maximum absolute atomic E-state index is 13.7. The van der Waals surface area contributed by atoms with Crippen LogP contribution in [-0.4, -0.2) is 49.1 Å². The summed E-state index contributed by atoms with van der Waals surface area (Å²) in [5.74, 6) is 0.0999. The third kappa shape index (κ3) is 3.83. The molecule has 0 saturated carbocycles. The molecule has 6 heteroatoms. The molecule has 6 nitrogen and oxygen atoms in total. The Balaban J connectivity index is 1.83. The van der Waals surface area contributed by atoms with Gasteiger partial charge in [-0.1, -0.05) is 18.2 Å². The summed E-state index contributed by atoms with van der Waals surface area (Å²) in [4.78, 5) is 30.6. The topological polar surface area (TPSA) is 59.1 Å². The minimum atomic E-state index is -0.305. The number of methoxy groups -OCH3 is 1. The molecule has 31 heavy (non-hydrogen) atoms. The van der Waals surface area contributed by atoms with Crippen molar-refractivity contribution in [2.75, 3.05) is 25.1 Å². The monoisotopic (exact) mass is 420 g/mol. The Labute approximate surface area is 183 Å². The quantitative estimate of drug-likeness (QED) is 0.706. The van der Waals surface area contributed by atoms with E-state index in [-0.39, 0.29) is 24.0 Å². The molecule has 0 N–H and O–H groups in total. The Bertz CT molecular complexity index is 1050. The van der Waals surface area contributed by atoms with Gasteiger partial charge in [0.05, 0.1) is 30.6 Å². The average Bonchev–Trinajstić information content (AvgIpc) is 2.99. The zero-order valence-electron chi connectivity index (χ0n) is 18.6. The van der Waals surface area contributed by atoms with Gasteiger partial charge in [-0.15, -0.1) is 0 Å². The summed E-state index contributed by atoms with van der Waals surface area (Å²) in [6.45, 7) is 9.07. The van der Waals surface area contributed by atoms with Gasteiger partial charge in [0, 0.05) is 13.1 Å². The lowest BCUT2D eigenvalue weighted by Crippen LogP contribution is -2.47. The molecule has 2 aliphatic heterocycles. The van der Waals surface area contributed by atoms with E-state index in [9.17, 15) is 9.59 Å². The number of anilines is 1. The molecule has 2 atom stereocenters. The number of hydrogen-bond acceptors (Lipinski definition) is 5. The van der Waals surface area contributed by atoms with Crippen molar-refractivity contribution in [2.24, 2.45) is 0 Å². The first-order valence-corrected chi connectivity index (χ1v) is 10.5. The molecule has 2 unspecified atom stereocenters. The molecule has 162 valence electrons. The summed E-state index contributed by atoms with van der Waals surface area (Å²) in [5, 5.41) is 0. The van der Waals surface area contributed by atoms with Crippen LogP contribution in [0.5, 0.6) is 5.75 Å². The first kappa shape index (κ1) is 21.1. The Morgan fingerprint density at radius 2 is 1.55 bits per heavy atom. The predicted octanol–water partition coefficient (Wildman–Crippen LogP) is 3.71. The highest BCUT2D eigenvalue weighted by Gasteiger charge is 2.43. The third-order valence-electron chi connectivity index (χ3n) is 5.92. The molecule has 0 spiro atoms. The predicted molar refractivity (Wildman–Crippen MR) is 120 cm³/mol. The Morgan fingerprint density at radius 3 is 2.13 bits per heavy atom. The number of morpholine rings is 1. The van der Waals surface area contributed by atoms with Crippen LogP contribution in [0.3, 0.4) is 0 Å². The summed E-state index contributed by atoms with van der Waals surface area (Å²) < 4.78 is 11.1. The molecule has 2 amide bonds. The standard InChI is InChI=1S/C25H28N2O4/c1-15-6-9-20(12-16(15)2)27-24(28)22(19-7-10-21(30-5)11-8-19)23(25(27)29)26-13-17(3)31-18(4)14-26/h6-12,17-18H,13-14H2,1-5H3. The lowest BCUT2D eigenvalue weighted by atomic mass is 10.0. The van der Waals surface area contributed by atoms with Gasteiger partial charge in [-0.2, -0.15) is 0 Å². The number of aryl methyl sites for hydroxylation is 2. The number of carbonyl (C=O) groups excluding carboxylic acids is 2. The zero-order chi connectivity index (χ0) is 22.3. The first-order valence-electron chi connectivity index (χ1n) is 10.5. The number of rotatable bonds is 4. The van der Waals surface area contributed by atoms with Crippen molar-refractivity contribution in [1.82, 2.24) is 4.90 Å². The Hall–Kier alpha value is -3.12. The molecule has 2 aromatic carbocycles. The molecular weight excluding hydrogens is 392 g/mol. The van der Waals surface area contributed by atoms with Gasteiger partial charge in [-0.25, -0.2) is 4.90 Å². The van der Waals surface area contributed by atoms with Gasteiger partial charge < -0.3 is 14.4 Å². The van der Waals surface area contributed by atoms with Gasteiger partial charge in [0.1, 0.15) is 11.4 Å². The van der Waals surface area contributed by atoms with Crippen LogP contribution in [-0.2, 0) is 14.3 Å². The highest BCUT2D eigenvalue weighted by atomic mass is 16.5. The molecule has 2 aliphatic rings. The molecule has 2 heterocycles. The highest BCUT2D eigenvalue weighted by Crippen LogP contribution is 2.36. The molecule has 1 saturated heterocycles. The van der Waals surface area contributed by atoms with Crippen LogP contribution in [0, 0.1) is 13.8 Å². The van der Waals surface area contributed by atoms with Crippen molar-refractivity contribution in [1.29, 1.82) is 0 Å². The molecule has 0 bridgehead atoms. The van der Waals surface area contributed by atoms with E-state index in [0.29, 0.717) is 41.4 Å². The molecule has 0 aromatic heterocycles. The number of ether oxygens (including phenoxy) is 2. The number of hydrogen-bond donors (Lipinski definition) is 0. The van der Waals surface area contributed by atoms with E-state index >= 15 is 0 Å². The fourth-order valence-corrected chi connectivity index (χ4v) is 4.29. The molecule has 2 aromatic rings. The minimum Gasteiger partial charge on any atom is -0.497 e. The SMILES string of the molecule is COc1ccc(C2=C(N3CC(C)OC(C)C3)C(=O)N(c3ccc(C)c(C)c3)C2=O)cc1. The van der Waals surface area contributed by atoms with Crippen molar-refractivity contribution in [3.05, 3.63) is 64.9 Å². The lowest BCUT2D eigenvalue weighted by molar-refractivity contribution is -0.121. The molecule has 4 rings (SSSR count). The fourth-order valence-electron chi connectivity index (χ4n) is 4.29. The average molecular weight is 421 g/mol. The van der Waals surface area contributed by atoms with Gasteiger partial charge in [0.25, 0.3) is 11.8 Å². The van der Waals surface area contributed by atoms with E-state index in [1.807, 2.05) is 62.9 Å². The van der Waals surface area contributed by atoms with Gasteiger partial charge in [-0.05, 0) is 68.7 Å². The van der Waals surface area contributed by atoms with Crippen molar-refractivity contribution in [3.63, 3.8) is 0 Å². The molecular formula is C25H28N2O4. The minimum absolute atomic E-state index is 0.0352. The van der Waals surface area contributed by atoms with E-state index < -0.39 is 0 Å². The second kappa shape index (κ2) is 8.19. The van der Waals surface area contributed by atoms with E-state index in [4.69, 9.17) is 9.47 Å². The van der Waals surface area contributed by atoms with Crippen molar-refractivity contribution >= 4 is 23.1 Å². The van der Waals surface area contributed by atoms with Crippen molar-refractivity contribution < 1.29 is 19.1 Å². The highest BCUT2D eigenvalue weighted by molar-refractivity contribution is 6.45. The molecule has 1 fully saturated rings. The second-order valence-corrected chi connectivity index (χ2v) is 8.33. The second-order valence-electron chi connectivity index (χ2n) is 8.33. The summed E-state index contributed by atoms with van der Waals surface area (Å²) in [6, 6.07) is 12.9. The van der Waals surface area contributed by atoms with Gasteiger partial charge in [-0.3, -0.25) is 9.59 Å². The molecule has 0 aliphatic carbocycles. The largest absolute Gasteiger partial charge is 0.497 e. The van der Waals surface area contributed by atoms with E-state index in [2.05, 4.69) is 0 Å². The number of nitrogens with zero attached hydrogens (tertiary/aromatic N) is 2. The molecule has 0 radical (unpaired) electrons. The van der Waals surface area contributed by atoms with Crippen molar-refractivity contribution in [2.45, 2.75) is 39.9 Å². The van der Waals surface area contributed by atoms with Crippen LogP contribution in [0.1, 0.15) is 30.5 Å². The summed E-state index contributed by atoms with van der Waals surface area (Å²) in [7, 11) is 1.60. The van der Waals surface area contributed by atoms with Crippen molar-refractivity contribution in [3.8, 4) is 5.75 Å². The van der Waals surface area contributed by atoms with Crippen LogP contribution >= 0.6 is 0 Å². The lowest BCUT2D eigenvalue weighted by Gasteiger charge is -2.37. The fraction of sp³-hybridized carbons (Fsp3) is 0.360. The van der Waals surface area contributed by atoms with Gasteiger partial charge in [0.2, 0.25) is 0 Å². The first-order chi connectivity index (χ1) is 14.8. The van der Waals surface area contributed by atoms with Gasteiger partial charge >= 0.3 is 0 Å². The normalized spacial score (nSPS) is 21.8. The number of benzene rings is 2. The summed E-state index contributed by atoms with van der Waals surface area (Å²) in [5.41, 5.74) is 4.30. The summed E-state index contributed by atoms with van der Waals surface area (Å²) in [6.07, 6.45) is -0.0705. The van der Waals surface area contributed by atoms with E-state index in [1.165, 1.54) is 4.90 Å². The van der Waals surface area contributed by atoms with Crippen LogP contribution in [0.2, 0.25) is 0 Å².